The van der Waals surface area contributed by atoms with Gasteiger partial charge in [-0.05, 0) is 42.5 Å². The molecule has 0 spiro atoms. The summed E-state index contributed by atoms with van der Waals surface area (Å²) in [6.45, 7) is 2.05. The third kappa shape index (κ3) is 3.45. The average molecular weight is 350 g/mol. The van der Waals surface area contributed by atoms with Crippen molar-refractivity contribution >= 4 is 11.8 Å². The fraction of sp³-hybridized carbons (Fsp3) is 0.400. The van der Waals surface area contributed by atoms with Crippen LogP contribution in [0.25, 0.3) is 0 Å². The van der Waals surface area contributed by atoms with E-state index in [1.165, 1.54) is 0 Å². The predicted molar refractivity (Wildman–Crippen MR) is 96.3 cm³/mol. The van der Waals surface area contributed by atoms with Gasteiger partial charge in [-0.1, -0.05) is 6.07 Å². The van der Waals surface area contributed by atoms with Crippen LogP contribution < -0.4 is 0 Å². The second-order valence-corrected chi connectivity index (χ2v) is 7.13. The summed E-state index contributed by atoms with van der Waals surface area (Å²) in [6.07, 6.45) is 9.13. The van der Waals surface area contributed by atoms with Crippen LogP contribution in [0.4, 0.5) is 0 Å². The van der Waals surface area contributed by atoms with E-state index in [0.29, 0.717) is 31.0 Å². The molecule has 0 radical (unpaired) electrons. The van der Waals surface area contributed by atoms with Gasteiger partial charge in [-0.3, -0.25) is 19.6 Å². The van der Waals surface area contributed by atoms with E-state index in [1.54, 1.807) is 36.9 Å². The maximum atomic E-state index is 12.8. The summed E-state index contributed by atoms with van der Waals surface area (Å²) in [5.74, 6) is 0.479. The van der Waals surface area contributed by atoms with E-state index in [2.05, 4.69) is 9.97 Å². The van der Waals surface area contributed by atoms with Gasteiger partial charge in [0.25, 0.3) is 5.91 Å². The van der Waals surface area contributed by atoms with E-state index in [9.17, 15) is 9.59 Å². The minimum absolute atomic E-state index is 0.0107. The average Bonchev–Trinajstić information content (AvgIpc) is 3.01. The van der Waals surface area contributed by atoms with Gasteiger partial charge in [0.05, 0.1) is 12.0 Å². The largest absolute Gasteiger partial charge is 0.337 e. The van der Waals surface area contributed by atoms with Crippen LogP contribution in [0, 0.1) is 5.92 Å². The number of pyridine rings is 2. The van der Waals surface area contributed by atoms with Gasteiger partial charge in [0.15, 0.2) is 0 Å². The van der Waals surface area contributed by atoms with E-state index in [4.69, 9.17) is 0 Å². The molecule has 5 rings (SSSR count). The van der Waals surface area contributed by atoms with Crippen LogP contribution in [0.2, 0.25) is 0 Å². The lowest BCUT2D eigenvalue weighted by Crippen LogP contribution is -2.48. The zero-order valence-corrected chi connectivity index (χ0v) is 14.6. The number of aromatic nitrogens is 2. The molecule has 2 aromatic rings. The Bertz CT molecular complexity index is 781. The lowest BCUT2D eigenvalue weighted by atomic mass is 9.94. The van der Waals surface area contributed by atoms with Gasteiger partial charge in [0.1, 0.15) is 0 Å². The number of nitrogens with zero attached hydrogens (tertiary/aromatic N) is 4. The van der Waals surface area contributed by atoms with Gasteiger partial charge in [-0.2, -0.15) is 0 Å². The highest BCUT2D eigenvalue weighted by Gasteiger charge is 2.38. The number of piperidine rings is 1. The summed E-state index contributed by atoms with van der Waals surface area (Å²) in [6, 6.07) is 7.46. The molecule has 6 nitrogen and oxygen atoms in total. The predicted octanol–water partition coefficient (Wildman–Crippen LogP) is 1.78. The molecule has 0 saturated carbocycles. The minimum Gasteiger partial charge on any atom is -0.337 e. The first kappa shape index (κ1) is 16.7. The van der Waals surface area contributed by atoms with Gasteiger partial charge in [0.2, 0.25) is 5.91 Å². The summed E-state index contributed by atoms with van der Waals surface area (Å²) < 4.78 is 0. The fourth-order valence-corrected chi connectivity index (χ4v) is 4.00. The van der Waals surface area contributed by atoms with Crippen molar-refractivity contribution < 1.29 is 9.59 Å². The van der Waals surface area contributed by atoms with Crippen molar-refractivity contribution in [3.8, 4) is 0 Å². The maximum absolute atomic E-state index is 12.8. The lowest BCUT2D eigenvalue weighted by Gasteiger charge is -2.36. The monoisotopic (exact) mass is 350 g/mol. The van der Waals surface area contributed by atoms with Gasteiger partial charge < -0.3 is 9.80 Å². The zero-order chi connectivity index (χ0) is 17.9. The molecule has 2 bridgehead atoms. The fourth-order valence-electron chi connectivity index (χ4n) is 4.00. The van der Waals surface area contributed by atoms with Crippen molar-refractivity contribution in [2.75, 3.05) is 19.6 Å². The van der Waals surface area contributed by atoms with Crippen LogP contribution in [0.5, 0.6) is 0 Å². The van der Waals surface area contributed by atoms with Crippen molar-refractivity contribution in [1.82, 2.24) is 19.8 Å². The third-order valence-corrected chi connectivity index (χ3v) is 5.31. The van der Waals surface area contributed by atoms with Crippen molar-refractivity contribution in [1.29, 1.82) is 0 Å². The number of fused-ring (bicyclic) bond motifs is 4. The van der Waals surface area contributed by atoms with E-state index in [0.717, 1.165) is 24.9 Å². The van der Waals surface area contributed by atoms with Crippen molar-refractivity contribution in [3.05, 3.63) is 60.2 Å². The summed E-state index contributed by atoms with van der Waals surface area (Å²) in [7, 11) is 0. The van der Waals surface area contributed by atoms with Gasteiger partial charge in [-0.25, -0.2) is 0 Å². The number of hydrogen-bond acceptors (Lipinski definition) is 4. The molecule has 3 aliphatic heterocycles. The highest BCUT2D eigenvalue weighted by atomic mass is 16.2. The van der Waals surface area contributed by atoms with Gasteiger partial charge in [-0.15, -0.1) is 0 Å². The number of carbonyl (C=O) groups excluding carboxylic acids is 2. The molecule has 134 valence electrons. The molecule has 3 saturated heterocycles. The van der Waals surface area contributed by atoms with E-state index >= 15 is 0 Å². The van der Waals surface area contributed by atoms with E-state index in [1.807, 2.05) is 21.9 Å². The zero-order valence-electron chi connectivity index (χ0n) is 14.6. The molecule has 3 aliphatic rings. The molecule has 2 atom stereocenters. The Hall–Kier alpha value is -2.76. The number of amides is 2. The van der Waals surface area contributed by atoms with Gasteiger partial charge in [0, 0.05) is 50.5 Å². The SMILES string of the molecule is O=C(c1cccnc1)N1CC2CCC(C1)N(C(=O)Cc1cccnc1)C2. The molecular formula is C20H22N4O2. The maximum Gasteiger partial charge on any atom is 0.255 e. The highest BCUT2D eigenvalue weighted by Crippen LogP contribution is 2.29. The van der Waals surface area contributed by atoms with Crippen molar-refractivity contribution in [2.24, 2.45) is 5.92 Å². The van der Waals surface area contributed by atoms with Crippen LogP contribution >= 0.6 is 0 Å². The molecule has 0 aliphatic carbocycles. The second-order valence-electron chi connectivity index (χ2n) is 7.13. The van der Waals surface area contributed by atoms with Crippen LogP contribution in [0.3, 0.4) is 0 Å². The van der Waals surface area contributed by atoms with E-state index < -0.39 is 0 Å². The Balaban J connectivity index is 1.48. The molecule has 6 heteroatoms. The number of carbonyl (C=O) groups is 2. The molecular weight excluding hydrogens is 328 g/mol. The third-order valence-electron chi connectivity index (χ3n) is 5.31. The summed E-state index contributed by atoms with van der Waals surface area (Å²) in [4.78, 5) is 37.7. The smallest absolute Gasteiger partial charge is 0.255 e. The Morgan fingerprint density at radius 3 is 2.54 bits per heavy atom. The topological polar surface area (TPSA) is 66.4 Å². The Morgan fingerprint density at radius 2 is 1.81 bits per heavy atom. The Labute approximate surface area is 152 Å². The molecule has 5 heterocycles. The van der Waals surface area contributed by atoms with Crippen LogP contribution in [0.1, 0.15) is 28.8 Å². The normalized spacial score (nSPS) is 22.2. The van der Waals surface area contributed by atoms with E-state index in [-0.39, 0.29) is 17.9 Å². The lowest BCUT2D eigenvalue weighted by molar-refractivity contribution is -0.134. The second kappa shape index (κ2) is 7.23. The molecule has 2 unspecified atom stereocenters. The van der Waals surface area contributed by atoms with Crippen molar-refractivity contribution in [2.45, 2.75) is 25.3 Å². The molecule has 2 aromatic heterocycles. The molecule has 3 fully saturated rings. The first-order valence-corrected chi connectivity index (χ1v) is 9.08. The standard InChI is InChI=1S/C20H22N4O2/c25-19(9-15-3-1-7-21-10-15)24-13-16-5-6-18(24)14-23(12-16)20(26)17-4-2-8-22-11-17/h1-4,7-8,10-11,16,18H,5-6,9,12-14H2. The highest BCUT2D eigenvalue weighted by molar-refractivity contribution is 5.94. The first-order chi connectivity index (χ1) is 12.7. The van der Waals surface area contributed by atoms with Crippen molar-refractivity contribution in [3.63, 3.8) is 0 Å². The molecule has 0 N–H and O–H groups in total. The summed E-state index contributed by atoms with van der Waals surface area (Å²) in [5, 5.41) is 0. The Kier molecular flexibility index (Phi) is 4.65. The van der Waals surface area contributed by atoms with Crippen LogP contribution in [-0.4, -0.2) is 57.3 Å². The summed E-state index contributed by atoms with van der Waals surface area (Å²) in [5.41, 5.74) is 1.54. The molecule has 26 heavy (non-hydrogen) atoms. The molecule has 0 aromatic carbocycles. The van der Waals surface area contributed by atoms with Crippen LogP contribution in [-0.2, 0) is 11.2 Å². The Morgan fingerprint density at radius 1 is 1.00 bits per heavy atom. The summed E-state index contributed by atoms with van der Waals surface area (Å²) >= 11 is 0. The minimum atomic E-state index is 0.0107. The molecule has 2 amide bonds. The number of hydrogen-bond donors (Lipinski definition) is 0. The van der Waals surface area contributed by atoms with Gasteiger partial charge >= 0.3 is 0 Å². The quantitative estimate of drug-likeness (QED) is 0.846. The first-order valence-electron chi connectivity index (χ1n) is 9.08. The van der Waals surface area contributed by atoms with Crippen LogP contribution in [0.15, 0.2) is 49.1 Å². The number of rotatable bonds is 3.